The standard InChI is InChI=1S/C15H10ClFN2O/c1-9-2-4-12(14(17)6-9)15(20)19-11-3-5-13(16)10(7-11)8-18/h2-7H,1H3,(H,19,20). The van der Waals surface area contributed by atoms with Gasteiger partial charge < -0.3 is 5.32 Å². The van der Waals surface area contributed by atoms with E-state index in [1.165, 1.54) is 24.3 Å². The van der Waals surface area contributed by atoms with Crippen molar-refractivity contribution in [3.05, 3.63) is 63.9 Å². The van der Waals surface area contributed by atoms with E-state index in [0.29, 0.717) is 10.7 Å². The lowest BCUT2D eigenvalue weighted by atomic mass is 10.1. The molecule has 100 valence electrons. The van der Waals surface area contributed by atoms with Crippen molar-refractivity contribution >= 4 is 23.2 Å². The second-order valence-corrected chi connectivity index (χ2v) is 4.65. The normalized spacial score (nSPS) is 9.90. The van der Waals surface area contributed by atoms with Gasteiger partial charge in [-0.3, -0.25) is 4.79 Å². The van der Waals surface area contributed by atoms with Crippen LogP contribution in [0, 0.1) is 24.1 Å². The third-order valence-corrected chi connectivity index (χ3v) is 3.04. The topological polar surface area (TPSA) is 52.9 Å². The van der Waals surface area contributed by atoms with Gasteiger partial charge in [-0.1, -0.05) is 17.7 Å². The molecule has 0 spiro atoms. The summed E-state index contributed by atoms with van der Waals surface area (Å²) in [6.45, 7) is 1.74. The van der Waals surface area contributed by atoms with Crippen LogP contribution in [0.2, 0.25) is 5.02 Å². The van der Waals surface area contributed by atoms with Crippen molar-refractivity contribution in [1.29, 1.82) is 5.26 Å². The molecule has 0 aliphatic rings. The average Bonchev–Trinajstić information content (AvgIpc) is 2.40. The van der Waals surface area contributed by atoms with Gasteiger partial charge in [-0.15, -0.1) is 0 Å². The maximum absolute atomic E-state index is 13.7. The van der Waals surface area contributed by atoms with Crippen LogP contribution in [0.4, 0.5) is 10.1 Å². The van der Waals surface area contributed by atoms with Crippen molar-refractivity contribution in [2.24, 2.45) is 0 Å². The molecule has 2 aromatic carbocycles. The monoisotopic (exact) mass is 288 g/mol. The summed E-state index contributed by atoms with van der Waals surface area (Å²) in [5.41, 5.74) is 1.31. The van der Waals surface area contributed by atoms with Gasteiger partial charge >= 0.3 is 0 Å². The van der Waals surface area contributed by atoms with Crippen molar-refractivity contribution in [3.8, 4) is 6.07 Å². The van der Waals surface area contributed by atoms with Gasteiger partial charge in [-0.2, -0.15) is 5.26 Å². The Kier molecular flexibility index (Phi) is 4.02. The van der Waals surface area contributed by atoms with Crippen LogP contribution in [0.25, 0.3) is 0 Å². The number of nitrogens with zero attached hydrogens (tertiary/aromatic N) is 1. The molecule has 1 N–H and O–H groups in total. The number of aryl methyl sites for hydroxylation is 1. The molecule has 1 amide bonds. The highest BCUT2D eigenvalue weighted by Crippen LogP contribution is 2.20. The first-order valence-corrected chi connectivity index (χ1v) is 6.16. The zero-order chi connectivity index (χ0) is 14.7. The fraction of sp³-hybridized carbons (Fsp3) is 0.0667. The van der Waals surface area contributed by atoms with E-state index in [2.05, 4.69) is 5.32 Å². The molecule has 0 atom stereocenters. The minimum Gasteiger partial charge on any atom is -0.322 e. The lowest BCUT2D eigenvalue weighted by Gasteiger charge is -2.07. The highest BCUT2D eigenvalue weighted by atomic mass is 35.5. The van der Waals surface area contributed by atoms with Crippen molar-refractivity contribution in [2.45, 2.75) is 6.92 Å². The molecule has 2 rings (SSSR count). The Morgan fingerprint density at radius 1 is 1.30 bits per heavy atom. The molecule has 0 saturated heterocycles. The van der Waals surface area contributed by atoms with Gasteiger partial charge in [0, 0.05) is 5.69 Å². The summed E-state index contributed by atoms with van der Waals surface area (Å²) >= 11 is 5.80. The Morgan fingerprint density at radius 3 is 2.70 bits per heavy atom. The molecule has 2 aromatic rings. The van der Waals surface area contributed by atoms with Gasteiger partial charge in [0.05, 0.1) is 16.1 Å². The number of nitrogens with one attached hydrogen (secondary N) is 1. The molecule has 5 heteroatoms. The van der Waals surface area contributed by atoms with E-state index in [1.807, 2.05) is 6.07 Å². The number of nitriles is 1. The van der Waals surface area contributed by atoms with Crippen molar-refractivity contribution in [2.75, 3.05) is 5.32 Å². The quantitative estimate of drug-likeness (QED) is 0.911. The van der Waals surface area contributed by atoms with Crippen LogP contribution in [-0.2, 0) is 0 Å². The van der Waals surface area contributed by atoms with E-state index < -0.39 is 11.7 Å². The molecule has 0 fully saturated rings. The van der Waals surface area contributed by atoms with Gasteiger partial charge in [-0.05, 0) is 42.8 Å². The van der Waals surface area contributed by atoms with Crippen LogP contribution < -0.4 is 5.32 Å². The van der Waals surface area contributed by atoms with E-state index in [1.54, 1.807) is 19.1 Å². The Hall–Kier alpha value is -2.38. The van der Waals surface area contributed by atoms with E-state index >= 15 is 0 Å². The molecular weight excluding hydrogens is 279 g/mol. The first-order chi connectivity index (χ1) is 9.51. The summed E-state index contributed by atoms with van der Waals surface area (Å²) in [6.07, 6.45) is 0. The molecular formula is C15H10ClFN2O. The van der Waals surface area contributed by atoms with E-state index in [4.69, 9.17) is 16.9 Å². The average molecular weight is 289 g/mol. The Labute approximate surface area is 120 Å². The predicted molar refractivity (Wildman–Crippen MR) is 75.3 cm³/mol. The first kappa shape index (κ1) is 14.0. The fourth-order valence-corrected chi connectivity index (χ4v) is 1.85. The Morgan fingerprint density at radius 2 is 2.05 bits per heavy atom. The number of carbonyl (C=O) groups is 1. The molecule has 0 heterocycles. The minimum atomic E-state index is -0.586. The predicted octanol–water partition coefficient (Wildman–Crippen LogP) is 3.91. The first-order valence-electron chi connectivity index (χ1n) is 5.78. The molecule has 0 saturated carbocycles. The zero-order valence-electron chi connectivity index (χ0n) is 10.6. The highest BCUT2D eigenvalue weighted by molar-refractivity contribution is 6.31. The smallest absolute Gasteiger partial charge is 0.258 e. The van der Waals surface area contributed by atoms with Crippen molar-refractivity contribution < 1.29 is 9.18 Å². The number of hydrogen-bond donors (Lipinski definition) is 1. The molecule has 20 heavy (non-hydrogen) atoms. The number of anilines is 1. The van der Waals surface area contributed by atoms with E-state index in [9.17, 15) is 9.18 Å². The molecule has 0 aliphatic heterocycles. The molecule has 0 aromatic heterocycles. The summed E-state index contributed by atoms with van der Waals surface area (Å²) in [5.74, 6) is -1.16. The van der Waals surface area contributed by atoms with Gasteiger partial charge in [-0.25, -0.2) is 4.39 Å². The van der Waals surface area contributed by atoms with Crippen molar-refractivity contribution in [1.82, 2.24) is 0 Å². The SMILES string of the molecule is Cc1ccc(C(=O)Nc2ccc(Cl)c(C#N)c2)c(F)c1. The van der Waals surface area contributed by atoms with Crippen LogP contribution >= 0.6 is 11.6 Å². The maximum Gasteiger partial charge on any atom is 0.258 e. The third kappa shape index (κ3) is 2.95. The second kappa shape index (κ2) is 5.72. The number of rotatable bonds is 2. The van der Waals surface area contributed by atoms with Crippen LogP contribution in [0.1, 0.15) is 21.5 Å². The number of carbonyl (C=O) groups excluding carboxylic acids is 1. The summed E-state index contributed by atoms with van der Waals surface area (Å²) in [4.78, 5) is 12.0. The number of halogens is 2. The van der Waals surface area contributed by atoms with Crippen LogP contribution in [0.15, 0.2) is 36.4 Å². The molecule has 0 radical (unpaired) electrons. The third-order valence-electron chi connectivity index (χ3n) is 2.71. The number of hydrogen-bond acceptors (Lipinski definition) is 2. The Bertz CT molecular complexity index is 722. The zero-order valence-corrected chi connectivity index (χ0v) is 11.3. The van der Waals surface area contributed by atoms with Gasteiger partial charge in [0.1, 0.15) is 11.9 Å². The molecule has 0 aliphatic carbocycles. The maximum atomic E-state index is 13.7. The Balaban J connectivity index is 2.26. The summed E-state index contributed by atoms with van der Waals surface area (Å²) < 4.78 is 13.7. The second-order valence-electron chi connectivity index (χ2n) is 4.24. The summed E-state index contributed by atoms with van der Waals surface area (Å²) in [5, 5.41) is 11.7. The van der Waals surface area contributed by atoms with E-state index in [-0.39, 0.29) is 11.1 Å². The lowest BCUT2D eigenvalue weighted by molar-refractivity contribution is 0.102. The molecule has 0 bridgehead atoms. The fourth-order valence-electron chi connectivity index (χ4n) is 1.69. The van der Waals surface area contributed by atoms with E-state index in [0.717, 1.165) is 5.56 Å². The summed E-state index contributed by atoms with van der Waals surface area (Å²) in [6, 6.07) is 10.8. The molecule has 0 unspecified atom stereocenters. The lowest BCUT2D eigenvalue weighted by Crippen LogP contribution is -2.14. The number of benzene rings is 2. The highest BCUT2D eigenvalue weighted by Gasteiger charge is 2.12. The van der Waals surface area contributed by atoms with Gasteiger partial charge in [0.15, 0.2) is 0 Å². The van der Waals surface area contributed by atoms with Crippen LogP contribution in [0.3, 0.4) is 0 Å². The minimum absolute atomic E-state index is 0.0518. The van der Waals surface area contributed by atoms with Crippen LogP contribution in [-0.4, -0.2) is 5.91 Å². The van der Waals surface area contributed by atoms with Crippen molar-refractivity contribution in [3.63, 3.8) is 0 Å². The summed E-state index contributed by atoms with van der Waals surface area (Å²) in [7, 11) is 0. The number of amides is 1. The van der Waals surface area contributed by atoms with Gasteiger partial charge in [0.25, 0.3) is 5.91 Å². The molecule has 3 nitrogen and oxygen atoms in total. The van der Waals surface area contributed by atoms with Gasteiger partial charge in [0.2, 0.25) is 0 Å². The van der Waals surface area contributed by atoms with Crippen LogP contribution in [0.5, 0.6) is 0 Å². The largest absolute Gasteiger partial charge is 0.322 e.